The van der Waals surface area contributed by atoms with E-state index in [2.05, 4.69) is 16.6 Å². The molecule has 9 nitrogen and oxygen atoms in total. The lowest BCUT2D eigenvalue weighted by Gasteiger charge is -2.41. The molecule has 0 bridgehead atoms. The van der Waals surface area contributed by atoms with E-state index >= 15 is 0 Å². The van der Waals surface area contributed by atoms with Crippen molar-refractivity contribution in [1.82, 2.24) is 15.1 Å². The summed E-state index contributed by atoms with van der Waals surface area (Å²) in [5, 5.41) is 7.97. The van der Waals surface area contributed by atoms with Gasteiger partial charge in [-0.3, -0.25) is 19.8 Å². The topological polar surface area (TPSA) is 88.9 Å². The first-order valence-corrected chi connectivity index (χ1v) is 14.8. The lowest BCUT2D eigenvalue weighted by Crippen LogP contribution is -2.53. The SMILES string of the molecule is COC(=O)N1c2ccc(-c3cnn(C4CC4)c3)cc2N(C(=O)OC2CC(C3CCCCCC3)CCN2)C[C@@H]1C. The Bertz CT molecular complexity index is 1190. The van der Waals surface area contributed by atoms with E-state index in [1.807, 2.05) is 36.0 Å². The molecule has 3 heterocycles. The normalized spacial score (nSPS) is 26.1. The van der Waals surface area contributed by atoms with Crippen molar-refractivity contribution in [2.24, 2.45) is 11.8 Å². The van der Waals surface area contributed by atoms with Gasteiger partial charge in [0.25, 0.3) is 0 Å². The maximum Gasteiger partial charge on any atom is 0.416 e. The van der Waals surface area contributed by atoms with Crippen molar-refractivity contribution in [2.45, 2.75) is 89.4 Å². The first-order valence-electron chi connectivity index (χ1n) is 14.8. The highest BCUT2D eigenvalue weighted by Crippen LogP contribution is 2.41. The minimum Gasteiger partial charge on any atom is -0.452 e. The third kappa shape index (κ3) is 5.51. The lowest BCUT2D eigenvalue weighted by molar-refractivity contribution is 0.0355. The number of piperidine rings is 1. The predicted octanol–water partition coefficient (Wildman–Crippen LogP) is 6.10. The predicted molar refractivity (Wildman–Crippen MR) is 150 cm³/mol. The highest BCUT2D eigenvalue weighted by molar-refractivity contribution is 6.01. The Hall–Kier alpha value is -3.07. The van der Waals surface area contributed by atoms with Crippen molar-refractivity contribution in [1.29, 1.82) is 0 Å². The van der Waals surface area contributed by atoms with Crippen LogP contribution in [0.5, 0.6) is 0 Å². The Kier molecular flexibility index (Phi) is 7.51. The number of fused-ring (bicyclic) bond motifs is 1. The number of nitrogens with one attached hydrogen (secondary N) is 1. The van der Waals surface area contributed by atoms with Crippen molar-refractivity contribution >= 4 is 23.6 Å². The summed E-state index contributed by atoms with van der Waals surface area (Å²) in [6.45, 7) is 3.12. The van der Waals surface area contributed by atoms with E-state index in [1.165, 1.54) is 45.6 Å². The molecule has 2 saturated carbocycles. The number of hydrogen-bond donors (Lipinski definition) is 1. The summed E-state index contributed by atoms with van der Waals surface area (Å²) < 4.78 is 13.2. The summed E-state index contributed by atoms with van der Waals surface area (Å²) in [7, 11) is 1.38. The highest BCUT2D eigenvalue weighted by Gasteiger charge is 2.38. The van der Waals surface area contributed by atoms with Crippen LogP contribution in [0.2, 0.25) is 0 Å². The zero-order valence-electron chi connectivity index (χ0n) is 23.2. The standard InChI is InChI=1S/C30H41N5O4/c1-20-18-33(29(36)39-28-16-23(13-14-31-28)21-7-5-3-4-6-8-21)27-15-22(9-12-26(27)35(20)30(37)38-2)24-17-32-34(19-24)25-10-11-25/h9,12,15,17,19-21,23,25,28,31H,3-8,10-11,13-14,16,18H2,1-2H3/t20-,23?,28?/m0/s1. The molecule has 39 heavy (non-hydrogen) atoms. The van der Waals surface area contributed by atoms with Crippen LogP contribution in [-0.2, 0) is 9.47 Å². The monoisotopic (exact) mass is 535 g/mol. The summed E-state index contributed by atoms with van der Waals surface area (Å²) in [5.41, 5.74) is 3.23. The molecule has 1 aromatic carbocycles. The molecule has 0 spiro atoms. The summed E-state index contributed by atoms with van der Waals surface area (Å²) in [4.78, 5) is 29.8. The van der Waals surface area contributed by atoms with Gasteiger partial charge in [-0.1, -0.05) is 44.6 Å². The van der Waals surface area contributed by atoms with Crippen LogP contribution in [0.4, 0.5) is 21.0 Å². The number of hydrogen-bond acceptors (Lipinski definition) is 6. The van der Waals surface area contributed by atoms with Gasteiger partial charge in [-0.2, -0.15) is 5.10 Å². The Morgan fingerprint density at radius 2 is 1.74 bits per heavy atom. The van der Waals surface area contributed by atoms with E-state index in [9.17, 15) is 9.59 Å². The van der Waals surface area contributed by atoms with Gasteiger partial charge in [0.2, 0.25) is 0 Å². The number of carbonyl (C=O) groups excluding carboxylic acids is 2. The molecule has 0 radical (unpaired) electrons. The molecule has 2 aromatic rings. The largest absolute Gasteiger partial charge is 0.452 e. The maximum absolute atomic E-state index is 13.7. The van der Waals surface area contributed by atoms with Gasteiger partial charge < -0.3 is 9.47 Å². The van der Waals surface area contributed by atoms with Gasteiger partial charge in [0.1, 0.15) is 0 Å². The molecule has 2 aliphatic carbocycles. The van der Waals surface area contributed by atoms with Crippen LogP contribution in [-0.4, -0.2) is 54.4 Å². The van der Waals surface area contributed by atoms with E-state index in [1.54, 1.807) is 9.80 Å². The second-order valence-corrected chi connectivity index (χ2v) is 11.8. The van der Waals surface area contributed by atoms with Gasteiger partial charge in [-0.05, 0) is 62.3 Å². The molecule has 210 valence electrons. The van der Waals surface area contributed by atoms with Gasteiger partial charge in [0, 0.05) is 18.2 Å². The molecule has 6 rings (SSSR count). The minimum absolute atomic E-state index is 0.265. The van der Waals surface area contributed by atoms with Crippen molar-refractivity contribution in [3.8, 4) is 11.1 Å². The fraction of sp³-hybridized carbons (Fsp3) is 0.633. The first-order chi connectivity index (χ1) is 19.0. The van der Waals surface area contributed by atoms with E-state index in [-0.39, 0.29) is 18.4 Å². The Morgan fingerprint density at radius 1 is 0.949 bits per heavy atom. The average molecular weight is 536 g/mol. The third-order valence-electron chi connectivity index (χ3n) is 9.07. The van der Waals surface area contributed by atoms with Gasteiger partial charge >= 0.3 is 12.2 Å². The van der Waals surface area contributed by atoms with E-state index < -0.39 is 6.09 Å². The van der Waals surface area contributed by atoms with Crippen LogP contribution in [0.3, 0.4) is 0 Å². The summed E-state index contributed by atoms with van der Waals surface area (Å²) in [6, 6.07) is 6.06. The van der Waals surface area contributed by atoms with E-state index in [0.717, 1.165) is 49.3 Å². The molecule has 4 aliphatic rings. The number of ether oxygens (including phenoxy) is 2. The zero-order valence-corrected chi connectivity index (χ0v) is 23.2. The second kappa shape index (κ2) is 11.2. The minimum atomic E-state index is -0.439. The van der Waals surface area contributed by atoms with Crippen LogP contribution < -0.4 is 15.1 Å². The Labute approximate surface area is 230 Å². The molecule has 1 saturated heterocycles. The number of benzene rings is 1. The Balaban J connectivity index is 1.24. The Morgan fingerprint density at radius 3 is 2.49 bits per heavy atom. The average Bonchev–Trinajstić information content (AvgIpc) is 3.74. The molecule has 9 heteroatoms. The van der Waals surface area contributed by atoms with Crippen LogP contribution in [0.25, 0.3) is 11.1 Å². The molecule has 3 fully saturated rings. The smallest absolute Gasteiger partial charge is 0.416 e. The van der Waals surface area contributed by atoms with Gasteiger partial charge in [-0.15, -0.1) is 0 Å². The van der Waals surface area contributed by atoms with Crippen LogP contribution in [0.1, 0.15) is 77.2 Å². The number of rotatable bonds is 4. The third-order valence-corrected chi connectivity index (χ3v) is 9.07. The number of aromatic nitrogens is 2. The van der Waals surface area contributed by atoms with Gasteiger partial charge in [0.15, 0.2) is 6.23 Å². The fourth-order valence-corrected chi connectivity index (χ4v) is 6.77. The van der Waals surface area contributed by atoms with E-state index in [4.69, 9.17) is 9.47 Å². The van der Waals surface area contributed by atoms with Crippen molar-refractivity contribution < 1.29 is 19.1 Å². The van der Waals surface area contributed by atoms with Crippen LogP contribution in [0, 0.1) is 11.8 Å². The molecule has 2 aliphatic heterocycles. The van der Waals surface area contributed by atoms with E-state index in [0.29, 0.717) is 29.9 Å². The summed E-state index contributed by atoms with van der Waals surface area (Å²) in [6.07, 6.45) is 15.1. The second-order valence-electron chi connectivity index (χ2n) is 11.8. The molecule has 1 N–H and O–H groups in total. The molecule has 3 atom stereocenters. The number of nitrogens with zero attached hydrogens (tertiary/aromatic N) is 4. The fourth-order valence-electron chi connectivity index (χ4n) is 6.77. The maximum atomic E-state index is 13.7. The first kappa shape index (κ1) is 26.2. The number of methoxy groups -OCH3 is 1. The molecular formula is C30H41N5O4. The molecule has 1 aromatic heterocycles. The van der Waals surface area contributed by atoms with Crippen molar-refractivity contribution in [3.63, 3.8) is 0 Å². The number of carbonyl (C=O) groups is 2. The molecule has 2 amide bonds. The number of anilines is 2. The van der Waals surface area contributed by atoms with Crippen molar-refractivity contribution in [2.75, 3.05) is 30.0 Å². The molecular weight excluding hydrogens is 494 g/mol. The summed E-state index contributed by atoms with van der Waals surface area (Å²) >= 11 is 0. The van der Waals surface area contributed by atoms with Crippen molar-refractivity contribution in [3.05, 3.63) is 30.6 Å². The highest BCUT2D eigenvalue weighted by atomic mass is 16.6. The summed E-state index contributed by atoms with van der Waals surface area (Å²) in [5.74, 6) is 1.33. The van der Waals surface area contributed by atoms with Gasteiger partial charge in [0.05, 0.1) is 43.3 Å². The lowest BCUT2D eigenvalue weighted by atomic mass is 9.80. The quantitative estimate of drug-likeness (QED) is 0.476. The zero-order chi connectivity index (χ0) is 26.9. The molecule has 2 unspecified atom stereocenters. The number of amides is 2. The van der Waals surface area contributed by atoms with Gasteiger partial charge in [-0.25, -0.2) is 9.59 Å². The van der Waals surface area contributed by atoms with Crippen LogP contribution >= 0.6 is 0 Å². The van der Waals surface area contributed by atoms with Crippen LogP contribution in [0.15, 0.2) is 30.6 Å².